The van der Waals surface area contributed by atoms with E-state index in [2.05, 4.69) is 40.4 Å². The molecule has 0 radical (unpaired) electrons. The minimum atomic E-state index is -2.07. The average Bonchev–Trinajstić information content (AvgIpc) is 2.77. The van der Waals surface area contributed by atoms with Gasteiger partial charge < -0.3 is 13.9 Å². The van der Waals surface area contributed by atoms with Gasteiger partial charge in [-0.2, -0.15) is 0 Å². The highest BCUT2D eigenvalue weighted by Crippen LogP contribution is 2.40. The molecule has 1 saturated heterocycles. The molecule has 24 heavy (non-hydrogen) atoms. The van der Waals surface area contributed by atoms with Gasteiger partial charge in [0.15, 0.2) is 20.2 Å². The normalized spacial score (nSPS) is 25.4. The quantitative estimate of drug-likeness (QED) is 0.414. The summed E-state index contributed by atoms with van der Waals surface area (Å²) in [7, 11) is 0.917. The SMILES string of the molecule is C=C[C@@H](O[Si](C)(C)C(C)(C)C)[C@@H]1OC(C)(C)O[C@H]1C(=O)N(C)OC. The zero-order valence-electron chi connectivity index (χ0n) is 16.5. The van der Waals surface area contributed by atoms with Crippen LogP contribution in [-0.2, 0) is 23.5 Å². The third-order valence-electron chi connectivity index (χ3n) is 4.75. The Morgan fingerprint density at radius 1 is 1.33 bits per heavy atom. The maximum Gasteiger partial charge on any atom is 0.277 e. The predicted molar refractivity (Wildman–Crippen MR) is 95.9 cm³/mol. The third-order valence-corrected chi connectivity index (χ3v) is 9.22. The standard InChI is InChI=1S/C17H33NO5Si/c1-11-12(23-24(9,10)16(2,3)4)13-14(15(19)18(7)20-8)22-17(5,6)21-13/h11-14H,1H2,2-10H3/t12-,13+,14-/m1/s1. The Balaban J connectivity index is 3.08. The van der Waals surface area contributed by atoms with E-state index < -0.39 is 32.4 Å². The number of likely N-dealkylation sites (N-methyl/N-ethyl adjacent to an activating group) is 1. The van der Waals surface area contributed by atoms with E-state index in [1.165, 1.54) is 7.11 Å². The van der Waals surface area contributed by atoms with E-state index in [0.717, 1.165) is 5.06 Å². The minimum absolute atomic E-state index is 0.0338. The van der Waals surface area contributed by atoms with Crippen molar-refractivity contribution < 1.29 is 23.5 Å². The molecule has 0 spiro atoms. The van der Waals surface area contributed by atoms with E-state index >= 15 is 0 Å². The molecule has 1 rings (SSSR count). The number of hydrogen-bond donors (Lipinski definition) is 0. The molecule has 0 saturated carbocycles. The highest BCUT2D eigenvalue weighted by molar-refractivity contribution is 6.74. The van der Waals surface area contributed by atoms with Gasteiger partial charge in [0.2, 0.25) is 0 Å². The van der Waals surface area contributed by atoms with Gasteiger partial charge in [0.05, 0.1) is 13.2 Å². The highest BCUT2D eigenvalue weighted by Gasteiger charge is 2.51. The predicted octanol–water partition coefficient (Wildman–Crippen LogP) is 3.10. The van der Waals surface area contributed by atoms with Crippen LogP contribution in [0, 0.1) is 0 Å². The van der Waals surface area contributed by atoms with Gasteiger partial charge in [-0.25, -0.2) is 5.06 Å². The van der Waals surface area contributed by atoms with Crippen molar-refractivity contribution in [1.29, 1.82) is 0 Å². The Bertz CT molecular complexity index is 472. The lowest BCUT2D eigenvalue weighted by Gasteiger charge is -2.40. The van der Waals surface area contributed by atoms with Crippen LogP contribution in [0.4, 0.5) is 0 Å². The van der Waals surface area contributed by atoms with Crippen molar-refractivity contribution in [1.82, 2.24) is 5.06 Å². The van der Waals surface area contributed by atoms with Crippen LogP contribution in [0.3, 0.4) is 0 Å². The van der Waals surface area contributed by atoms with Crippen LogP contribution in [0.25, 0.3) is 0 Å². The van der Waals surface area contributed by atoms with Crippen molar-refractivity contribution in [3.8, 4) is 0 Å². The van der Waals surface area contributed by atoms with Gasteiger partial charge in [-0.1, -0.05) is 26.8 Å². The van der Waals surface area contributed by atoms with E-state index in [4.69, 9.17) is 18.7 Å². The fourth-order valence-corrected chi connectivity index (χ4v) is 3.52. The fourth-order valence-electron chi connectivity index (χ4n) is 2.26. The molecule has 0 unspecified atom stereocenters. The summed E-state index contributed by atoms with van der Waals surface area (Å²) in [6, 6.07) is 0. The van der Waals surface area contributed by atoms with Gasteiger partial charge in [-0.05, 0) is 32.0 Å². The van der Waals surface area contributed by atoms with Crippen molar-refractivity contribution in [3.05, 3.63) is 12.7 Å². The van der Waals surface area contributed by atoms with Gasteiger partial charge in [0, 0.05) is 7.05 Å². The number of ether oxygens (including phenoxy) is 2. The summed E-state index contributed by atoms with van der Waals surface area (Å²) in [5, 5.41) is 1.18. The molecule has 0 aromatic heterocycles. The summed E-state index contributed by atoms with van der Waals surface area (Å²) in [6.45, 7) is 18.3. The smallest absolute Gasteiger partial charge is 0.277 e. The molecule has 6 nitrogen and oxygen atoms in total. The number of rotatable bonds is 6. The van der Waals surface area contributed by atoms with Crippen LogP contribution in [0.5, 0.6) is 0 Å². The summed E-state index contributed by atoms with van der Waals surface area (Å²) in [4.78, 5) is 17.6. The Kier molecular flexibility index (Phi) is 6.44. The number of hydroxylamine groups is 2. The summed E-state index contributed by atoms with van der Waals surface area (Å²) >= 11 is 0. The van der Waals surface area contributed by atoms with E-state index in [9.17, 15) is 4.79 Å². The molecule has 3 atom stereocenters. The lowest BCUT2D eigenvalue weighted by molar-refractivity contribution is -0.187. The van der Waals surface area contributed by atoms with Crippen LogP contribution in [-0.4, -0.2) is 57.5 Å². The Hall–Kier alpha value is -0.733. The Morgan fingerprint density at radius 2 is 1.88 bits per heavy atom. The van der Waals surface area contributed by atoms with Gasteiger partial charge in [-0.15, -0.1) is 6.58 Å². The second kappa shape index (κ2) is 7.25. The lowest BCUT2D eigenvalue weighted by atomic mass is 10.1. The van der Waals surface area contributed by atoms with E-state index in [0.29, 0.717) is 0 Å². The maximum absolute atomic E-state index is 12.6. The Labute approximate surface area is 147 Å². The van der Waals surface area contributed by atoms with Crippen LogP contribution in [0.15, 0.2) is 12.7 Å². The summed E-state index contributed by atoms with van der Waals surface area (Å²) < 4.78 is 18.2. The second-order valence-corrected chi connectivity index (χ2v) is 12.9. The molecular weight excluding hydrogens is 326 g/mol. The van der Waals surface area contributed by atoms with E-state index in [1.807, 2.05) is 0 Å². The molecule has 0 N–H and O–H groups in total. The van der Waals surface area contributed by atoms with Gasteiger partial charge in [0.25, 0.3) is 5.91 Å². The molecule has 1 fully saturated rings. The molecule has 0 aromatic rings. The van der Waals surface area contributed by atoms with Gasteiger partial charge in [-0.3, -0.25) is 9.63 Å². The Morgan fingerprint density at radius 3 is 2.29 bits per heavy atom. The summed E-state index contributed by atoms with van der Waals surface area (Å²) in [5.74, 6) is -1.18. The van der Waals surface area contributed by atoms with Crippen molar-refractivity contribution in [3.63, 3.8) is 0 Å². The van der Waals surface area contributed by atoms with Crippen molar-refractivity contribution in [2.45, 2.75) is 76.8 Å². The number of hydrogen-bond acceptors (Lipinski definition) is 5. The first-order valence-corrected chi connectivity index (χ1v) is 11.1. The van der Waals surface area contributed by atoms with Crippen LogP contribution in [0.2, 0.25) is 18.1 Å². The monoisotopic (exact) mass is 359 g/mol. The first-order valence-electron chi connectivity index (χ1n) is 8.23. The zero-order valence-corrected chi connectivity index (χ0v) is 17.5. The average molecular weight is 360 g/mol. The molecule has 0 bridgehead atoms. The highest BCUT2D eigenvalue weighted by atomic mass is 28.4. The maximum atomic E-state index is 12.6. The fraction of sp³-hybridized carbons (Fsp3) is 0.824. The number of carbonyl (C=O) groups is 1. The molecule has 7 heteroatoms. The molecular formula is C17H33NO5Si. The third kappa shape index (κ3) is 4.67. The zero-order chi connectivity index (χ0) is 18.9. The molecule has 1 aliphatic heterocycles. The summed E-state index contributed by atoms with van der Waals surface area (Å²) in [6.07, 6.45) is -0.121. The van der Waals surface area contributed by atoms with Crippen LogP contribution in [0.1, 0.15) is 34.6 Å². The largest absolute Gasteiger partial charge is 0.408 e. The molecule has 1 heterocycles. The van der Waals surface area contributed by atoms with Crippen molar-refractivity contribution in [2.75, 3.05) is 14.2 Å². The first kappa shape index (κ1) is 21.3. The minimum Gasteiger partial charge on any atom is -0.408 e. The first-order chi connectivity index (χ1) is 10.8. The molecule has 0 aromatic carbocycles. The second-order valence-electron chi connectivity index (χ2n) is 8.12. The van der Waals surface area contributed by atoms with Crippen LogP contribution >= 0.6 is 0 Å². The summed E-state index contributed by atoms with van der Waals surface area (Å²) in [5.41, 5.74) is 0. The van der Waals surface area contributed by atoms with Crippen LogP contribution < -0.4 is 0 Å². The van der Waals surface area contributed by atoms with E-state index in [-0.39, 0.29) is 10.9 Å². The molecule has 1 aliphatic rings. The molecule has 1 amide bonds. The number of amides is 1. The molecule has 0 aliphatic carbocycles. The van der Waals surface area contributed by atoms with Gasteiger partial charge in [0.1, 0.15) is 6.10 Å². The van der Waals surface area contributed by atoms with E-state index in [1.54, 1.807) is 27.0 Å². The lowest BCUT2D eigenvalue weighted by Crippen LogP contribution is -2.51. The number of carbonyl (C=O) groups excluding carboxylic acids is 1. The topological polar surface area (TPSA) is 57.2 Å². The van der Waals surface area contributed by atoms with Crippen molar-refractivity contribution in [2.24, 2.45) is 0 Å². The molecule has 140 valence electrons. The van der Waals surface area contributed by atoms with Crippen molar-refractivity contribution >= 4 is 14.2 Å². The number of nitrogens with zero attached hydrogens (tertiary/aromatic N) is 1. The van der Waals surface area contributed by atoms with Gasteiger partial charge >= 0.3 is 0 Å².